The van der Waals surface area contributed by atoms with Crippen LogP contribution in [0.5, 0.6) is 0 Å². The summed E-state index contributed by atoms with van der Waals surface area (Å²) in [5.41, 5.74) is 2.26. The van der Waals surface area contributed by atoms with Gasteiger partial charge in [-0.25, -0.2) is 8.42 Å². The first kappa shape index (κ1) is 31.2. The lowest BCUT2D eigenvalue weighted by Crippen LogP contribution is -2.55. The van der Waals surface area contributed by atoms with E-state index in [0.717, 1.165) is 15.4 Å². The molecule has 40 heavy (non-hydrogen) atoms. The molecule has 0 aliphatic carbocycles. The first-order valence-electron chi connectivity index (χ1n) is 13.2. The van der Waals surface area contributed by atoms with Crippen LogP contribution >= 0.6 is 11.6 Å². The molecule has 3 rings (SSSR count). The molecular formula is C31H38ClN3O4S. The topological polar surface area (TPSA) is 86.8 Å². The summed E-state index contributed by atoms with van der Waals surface area (Å²) in [5.74, 6) is -0.800. The molecule has 0 bridgehead atoms. The van der Waals surface area contributed by atoms with Crippen molar-refractivity contribution in [3.8, 4) is 0 Å². The minimum Gasteiger partial charge on any atom is -0.350 e. The predicted molar refractivity (Wildman–Crippen MR) is 161 cm³/mol. The second-order valence-electron chi connectivity index (χ2n) is 10.9. The Labute approximate surface area is 243 Å². The fourth-order valence-electron chi connectivity index (χ4n) is 4.43. The molecule has 0 spiro atoms. The normalized spacial score (nSPS) is 12.5. The molecule has 1 atom stereocenters. The highest BCUT2D eigenvalue weighted by Gasteiger charge is 2.35. The molecule has 9 heteroatoms. The van der Waals surface area contributed by atoms with Gasteiger partial charge in [0.2, 0.25) is 11.8 Å². The summed E-state index contributed by atoms with van der Waals surface area (Å²) in [5, 5.41) is 3.32. The van der Waals surface area contributed by atoms with E-state index >= 15 is 0 Å². The highest BCUT2D eigenvalue weighted by molar-refractivity contribution is 7.92. The van der Waals surface area contributed by atoms with Crippen LogP contribution in [0.1, 0.15) is 50.8 Å². The highest BCUT2D eigenvalue weighted by atomic mass is 35.5. The Bertz CT molecular complexity index is 1450. The second kappa shape index (κ2) is 12.9. The van der Waals surface area contributed by atoms with Crippen LogP contribution in [0.4, 0.5) is 5.69 Å². The molecule has 0 radical (unpaired) electrons. The van der Waals surface area contributed by atoms with E-state index in [4.69, 9.17) is 11.6 Å². The van der Waals surface area contributed by atoms with Gasteiger partial charge in [0.15, 0.2) is 0 Å². The second-order valence-corrected chi connectivity index (χ2v) is 13.2. The van der Waals surface area contributed by atoms with Crippen LogP contribution < -0.4 is 9.62 Å². The molecule has 214 valence electrons. The summed E-state index contributed by atoms with van der Waals surface area (Å²) in [6.07, 6.45) is 0.348. The summed E-state index contributed by atoms with van der Waals surface area (Å²) < 4.78 is 29.0. The van der Waals surface area contributed by atoms with E-state index in [1.165, 1.54) is 17.0 Å². The minimum atomic E-state index is -4.16. The van der Waals surface area contributed by atoms with Gasteiger partial charge >= 0.3 is 0 Å². The van der Waals surface area contributed by atoms with Crippen molar-refractivity contribution in [2.45, 2.75) is 71.0 Å². The van der Waals surface area contributed by atoms with Crippen molar-refractivity contribution in [3.05, 3.63) is 94.5 Å². The Morgan fingerprint density at radius 3 is 2.15 bits per heavy atom. The summed E-state index contributed by atoms with van der Waals surface area (Å²) in [4.78, 5) is 29.2. The number of nitrogens with zero attached hydrogens (tertiary/aromatic N) is 2. The molecule has 0 aromatic heterocycles. The molecule has 0 unspecified atom stereocenters. The molecule has 0 saturated carbocycles. The summed E-state index contributed by atoms with van der Waals surface area (Å²) in [6, 6.07) is 19.7. The number of amides is 2. The average molecular weight is 584 g/mol. The Morgan fingerprint density at radius 1 is 0.925 bits per heavy atom. The van der Waals surface area contributed by atoms with Crippen molar-refractivity contribution in [2.75, 3.05) is 10.8 Å². The van der Waals surface area contributed by atoms with E-state index in [1.54, 1.807) is 43.3 Å². The van der Waals surface area contributed by atoms with E-state index in [-0.39, 0.29) is 17.3 Å². The van der Waals surface area contributed by atoms with Crippen LogP contribution in [0, 0.1) is 13.8 Å². The van der Waals surface area contributed by atoms with Crippen LogP contribution in [0.2, 0.25) is 5.02 Å². The number of anilines is 1. The summed E-state index contributed by atoms with van der Waals surface area (Å²) >= 11 is 6.29. The van der Waals surface area contributed by atoms with Crippen LogP contribution in [0.15, 0.2) is 77.7 Å². The van der Waals surface area contributed by atoms with Gasteiger partial charge in [-0.05, 0) is 82.0 Å². The molecule has 0 aliphatic rings. The van der Waals surface area contributed by atoms with E-state index in [9.17, 15) is 18.0 Å². The van der Waals surface area contributed by atoms with Crippen LogP contribution in [0.3, 0.4) is 0 Å². The number of halogens is 1. The first-order valence-corrected chi connectivity index (χ1v) is 15.1. The number of hydrogen-bond acceptors (Lipinski definition) is 4. The van der Waals surface area contributed by atoms with Gasteiger partial charge in [-0.2, -0.15) is 0 Å². The Kier molecular flexibility index (Phi) is 10.0. The monoisotopic (exact) mass is 583 g/mol. The van der Waals surface area contributed by atoms with E-state index in [2.05, 4.69) is 5.32 Å². The number of rotatable bonds is 10. The fourth-order valence-corrected chi connectivity index (χ4v) is 6.09. The molecule has 0 fully saturated rings. The van der Waals surface area contributed by atoms with E-state index in [0.29, 0.717) is 22.7 Å². The molecule has 3 aromatic carbocycles. The number of aryl methyl sites for hydroxylation is 2. The van der Waals surface area contributed by atoms with Crippen molar-refractivity contribution in [3.63, 3.8) is 0 Å². The number of hydrogen-bond donors (Lipinski definition) is 1. The number of nitrogens with one attached hydrogen (secondary N) is 1. The summed E-state index contributed by atoms with van der Waals surface area (Å²) in [7, 11) is -4.16. The lowest BCUT2D eigenvalue weighted by Gasteiger charge is -2.35. The maximum absolute atomic E-state index is 14.2. The Hall–Kier alpha value is -3.36. The smallest absolute Gasteiger partial charge is 0.264 e. The number of benzene rings is 3. The lowest BCUT2D eigenvalue weighted by atomic mass is 10.0. The molecule has 7 nitrogen and oxygen atoms in total. The maximum Gasteiger partial charge on any atom is 0.264 e. The number of carbonyl (C=O) groups excluding carboxylic acids is 2. The highest BCUT2D eigenvalue weighted by Crippen LogP contribution is 2.30. The fraction of sp³-hybridized carbons (Fsp3) is 0.355. The van der Waals surface area contributed by atoms with Crippen LogP contribution in [0.25, 0.3) is 0 Å². The van der Waals surface area contributed by atoms with Crippen molar-refractivity contribution in [1.82, 2.24) is 10.2 Å². The zero-order valence-electron chi connectivity index (χ0n) is 23.9. The van der Waals surface area contributed by atoms with Gasteiger partial charge in [-0.15, -0.1) is 0 Å². The Morgan fingerprint density at radius 2 is 1.55 bits per heavy atom. The van der Waals surface area contributed by atoms with Gasteiger partial charge in [0.05, 0.1) is 10.6 Å². The van der Waals surface area contributed by atoms with Crippen molar-refractivity contribution in [2.24, 2.45) is 0 Å². The number of carbonyl (C=O) groups is 2. The van der Waals surface area contributed by atoms with Gasteiger partial charge < -0.3 is 10.2 Å². The summed E-state index contributed by atoms with van der Waals surface area (Å²) in [6.45, 7) is 10.8. The molecular weight excluding hydrogens is 546 g/mol. The van der Waals surface area contributed by atoms with E-state index in [1.807, 2.05) is 58.9 Å². The van der Waals surface area contributed by atoms with Crippen molar-refractivity contribution < 1.29 is 18.0 Å². The molecule has 0 saturated heterocycles. The maximum atomic E-state index is 14.2. The van der Waals surface area contributed by atoms with E-state index < -0.39 is 34.1 Å². The molecule has 0 aliphatic heterocycles. The molecule has 2 amide bonds. The zero-order valence-corrected chi connectivity index (χ0v) is 25.5. The molecule has 0 heterocycles. The third kappa shape index (κ3) is 7.64. The van der Waals surface area contributed by atoms with Gasteiger partial charge in [0.1, 0.15) is 12.6 Å². The quantitative estimate of drug-likeness (QED) is 0.323. The molecule has 1 N–H and O–H groups in total. The van der Waals surface area contributed by atoms with Gasteiger partial charge in [0.25, 0.3) is 10.0 Å². The SMILES string of the molecule is CC[C@H](C(=O)NC(C)(C)C)N(Cc1ccccc1C)C(=O)CN(c1cc(Cl)ccc1C)S(=O)(=O)c1ccccc1. The van der Waals surface area contributed by atoms with Gasteiger partial charge in [-0.1, -0.05) is 67.1 Å². The van der Waals surface area contributed by atoms with Crippen molar-refractivity contribution in [1.29, 1.82) is 0 Å². The van der Waals surface area contributed by atoms with Crippen molar-refractivity contribution >= 4 is 39.1 Å². The van der Waals surface area contributed by atoms with Gasteiger partial charge in [-0.3, -0.25) is 13.9 Å². The zero-order chi connectivity index (χ0) is 29.7. The number of sulfonamides is 1. The Balaban J connectivity index is 2.12. The van der Waals surface area contributed by atoms with Gasteiger partial charge in [0, 0.05) is 17.1 Å². The minimum absolute atomic E-state index is 0.0464. The predicted octanol–water partition coefficient (Wildman–Crippen LogP) is 5.87. The third-order valence-electron chi connectivity index (χ3n) is 6.54. The standard InChI is InChI=1S/C31H38ClN3O4S/c1-7-27(30(37)33-31(4,5)6)34(20-24-14-12-11-13-22(24)2)29(36)21-35(28-19-25(32)18-17-23(28)3)40(38,39)26-15-9-8-10-16-26/h8-19,27H,7,20-21H2,1-6H3,(H,33,37)/t27-/m1/s1. The average Bonchev–Trinajstić information content (AvgIpc) is 2.89. The van der Waals surface area contributed by atoms with Crippen LogP contribution in [-0.2, 0) is 26.2 Å². The lowest BCUT2D eigenvalue weighted by molar-refractivity contribution is -0.141. The molecule has 3 aromatic rings. The van der Waals surface area contributed by atoms with Crippen LogP contribution in [-0.4, -0.2) is 43.3 Å². The third-order valence-corrected chi connectivity index (χ3v) is 8.55. The largest absolute Gasteiger partial charge is 0.350 e. The first-order chi connectivity index (χ1) is 18.7.